The second-order valence-electron chi connectivity index (χ2n) is 8.11. The molecular weight excluding hydrogens is 449 g/mol. The maximum Gasteiger partial charge on any atom is 0.416 e. The van der Waals surface area contributed by atoms with Crippen LogP contribution in [0.2, 0.25) is 0 Å². The average Bonchev–Trinajstić information content (AvgIpc) is 2.80. The van der Waals surface area contributed by atoms with Crippen molar-refractivity contribution in [2.24, 2.45) is 11.6 Å². The van der Waals surface area contributed by atoms with Crippen molar-refractivity contribution < 1.29 is 22.6 Å². The van der Waals surface area contributed by atoms with Gasteiger partial charge in [-0.15, -0.1) is 0 Å². The molecule has 34 heavy (non-hydrogen) atoms. The Morgan fingerprint density at radius 2 is 1.91 bits per heavy atom. The van der Waals surface area contributed by atoms with Gasteiger partial charge >= 0.3 is 6.18 Å². The predicted molar refractivity (Wildman–Crippen MR) is 119 cm³/mol. The second kappa shape index (κ2) is 10.6. The largest absolute Gasteiger partial charge is 0.489 e. The van der Waals surface area contributed by atoms with Crippen LogP contribution in [0.15, 0.2) is 30.0 Å². The van der Waals surface area contributed by atoms with E-state index in [1.54, 1.807) is 18.2 Å². The van der Waals surface area contributed by atoms with Crippen molar-refractivity contribution in [2.75, 3.05) is 13.7 Å². The number of halogens is 3. The summed E-state index contributed by atoms with van der Waals surface area (Å²) in [4.78, 5) is 8.29. The standard InChI is InChI=1S/C23H27F3N6O2/c1-14-20(34-17-6-4-3-5-7-17)9-8-18(30-14)22(28)19(32(2)29)13-33-21-11-15(23(24,25)26)10-16(12-27)31-21/h8-11,17H,3-7,13,28-29H2,1-2H3/b22-19-. The fourth-order valence-corrected chi connectivity index (χ4v) is 3.65. The molecule has 2 aromatic rings. The molecule has 1 aliphatic carbocycles. The molecule has 1 saturated carbocycles. The normalized spacial score (nSPS) is 15.3. The van der Waals surface area contributed by atoms with Gasteiger partial charge < -0.3 is 20.2 Å². The van der Waals surface area contributed by atoms with E-state index in [1.807, 2.05) is 6.92 Å². The van der Waals surface area contributed by atoms with Gasteiger partial charge in [-0.1, -0.05) is 6.42 Å². The minimum atomic E-state index is -4.65. The Bertz CT molecular complexity index is 1090. The second-order valence-corrected chi connectivity index (χ2v) is 8.11. The van der Waals surface area contributed by atoms with Gasteiger partial charge in [0.1, 0.15) is 24.1 Å². The Hall–Kier alpha value is -3.52. The lowest BCUT2D eigenvalue weighted by molar-refractivity contribution is -0.137. The van der Waals surface area contributed by atoms with E-state index >= 15 is 0 Å². The summed E-state index contributed by atoms with van der Waals surface area (Å²) in [6.07, 6.45) is 1.06. The molecule has 1 aliphatic rings. The number of hydrazine groups is 1. The van der Waals surface area contributed by atoms with Crippen molar-refractivity contribution in [3.8, 4) is 17.7 Å². The van der Waals surface area contributed by atoms with E-state index in [9.17, 15) is 13.2 Å². The first-order valence-electron chi connectivity index (χ1n) is 10.8. The number of aryl methyl sites for hydroxylation is 1. The predicted octanol–water partition coefficient (Wildman–Crippen LogP) is 3.90. The number of aromatic nitrogens is 2. The van der Waals surface area contributed by atoms with Gasteiger partial charge in [0.05, 0.1) is 34.4 Å². The fourth-order valence-electron chi connectivity index (χ4n) is 3.65. The molecule has 182 valence electrons. The number of nitriles is 1. The SMILES string of the molecule is Cc1nc(/C(N)=C(\COc2cc(C(F)(F)F)cc(C#N)n2)N(C)N)ccc1OC1CCCCC1. The number of nitrogens with two attached hydrogens (primary N) is 2. The van der Waals surface area contributed by atoms with Gasteiger partial charge in [0.25, 0.3) is 0 Å². The van der Waals surface area contributed by atoms with Gasteiger partial charge in [-0.3, -0.25) is 0 Å². The number of ether oxygens (including phenoxy) is 2. The topological polar surface area (TPSA) is 123 Å². The molecule has 11 heteroatoms. The molecule has 0 spiro atoms. The smallest absolute Gasteiger partial charge is 0.416 e. The van der Waals surface area contributed by atoms with E-state index in [2.05, 4.69) is 9.97 Å². The summed E-state index contributed by atoms with van der Waals surface area (Å²) in [5.41, 5.74) is 6.35. The molecule has 0 bridgehead atoms. The third kappa shape index (κ3) is 6.29. The summed E-state index contributed by atoms with van der Waals surface area (Å²) in [7, 11) is 1.51. The molecule has 2 heterocycles. The van der Waals surface area contributed by atoms with Crippen LogP contribution in [0.1, 0.15) is 54.7 Å². The molecule has 1 fully saturated rings. The molecule has 0 atom stereocenters. The summed E-state index contributed by atoms with van der Waals surface area (Å²) in [5.74, 6) is 6.20. The fraction of sp³-hybridized carbons (Fsp3) is 0.435. The lowest BCUT2D eigenvalue weighted by atomic mass is 9.98. The van der Waals surface area contributed by atoms with Crippen molar-refractivity contribution >= 4 is 5.70 Å². The van der Waals surface area contributed by atoms with Crippen LogP contribution in [0.5, 0.6) is 11.6 Å². The summed E-state index contributed by atoms with van der Waals surface area (Å²) in [5, 5.41) is 10.2. The molecule has 0 aliphatic heterocycles. The lowest BCUT2D eigenvalue weighted by Gasteiger charge is -2.24. The highest BCUT2D eigenvalue weighted by atomic mass is 19.4. The van der Waals surface area contributed by atoms with Gasteiger partial charge in [0.2, 0.25) is 5.88 Å². The van der Waals surface area contributed by atoms with Gasteiger partial charge in [0, 0.05) is 13.1 Å². The van der Waals surface area contributed by atoms with Gasteiger partial charge in [-0.2, -0.15) is 18.4 Å². The Morgan fingerprint density at radius 1 is 1.21 bits per heavy atom. The van der Waals surface area contributed by atoms with Crippen molar-refractivity contribution in [3.63, 3.8) is 0 Å². The Kier molecular flexibility index (Phi) is 7.83. The highest BCUT2D eigenvalue weighted by molar-refractivity contribution is 5.63. The molecule has 2 aromatic heterocycles. The maximum atomic E-state index is 13.1. The summed E-state index contributed by atoms with van der Waals surface area (Å²) < 4.78 is 50.9. The number of hydrogen-bond donors (Lipinski definition) is 2. The van der Waals surface area contributed by atoms with E-state index in [4.69, 9.17) is 26.3 Å². The van der Waals surface area contributed by atoms with E-state index < -0.39 is 17.4 Å². The number of rotatable bonds is 7. The highest BCUT2D eigenvalue weighted by Gasteiger charge is 2.32. The van der Waals surface area contributed by atoms with Crippen LogP contribution in [0.3, 0.4) is 0 Å². The van der Waals surface area contributed by atoms with Gasteiger partial charge in [0.15, 0.2) is 0 Å². The first-order valence-corrected chi connectivity index (χ1v) is 10.8. The van der Waals surface area contributed by atoms with Crippen LogP contribution in [0.25, 0.3) is 5.70 Å². The minimum Gasteiger partial charge on any atom is -0.489 e. The van der Waals surface area contributed by atoms with E-state index in [0.717, 1.165) is 25.7 Å². The van der Waals surface area contributed by atoms with E-state index in [0.29, 0.717) is 29.3 Å². The molecule has 0 saturated heterocycles. The molecule has 0 radical (unpaired) electrons. The number of likely N-dealkylation sites (N-methyl/N-ethyl adjacent to an activating group) is 1. The molecule has 0 aromatic carbocycles. The number of nitrogens with zero attached hydrogens (tertiary/aromatic N) is 4. The molecule has 0 unspecified atom stereocenters. The van der Waals surface area contributed by atoms with Crippen LogP contribution in [0.4, 0.5) is 13.2 Å². The Morgan fingerprint density at radius 3 is 2.50 bits per heavy atom. The maximum absolute atomic E-state index is 13.1. The summed E-state index contributed by atoms with van der Waals surface area (Å²) in [6, 6.07) is 6.45. The van der Waals surface area contributed by atoms with Gasteiger partial charge in [-0.05, 0) is 50.8 Å². The van der Waals surface area contributed by atoms with Crippen molar-refractivity contribution in [1.82, 2.24) is 15.0 Å². The van der Waals surface area contributed by atoms with Crippen molar-refractivity contribution in [2.45, 2.75) is 51.3 Å². The monoisotopic (exact) mass is 476 g/mol. The highest BCUT2D eigenvalue weighted by Crippen LogP contribution is 2.32. The zero-order valence-electron chi connectivity index (χ0n) is 19.0. The molecular formula is C23H27F3N6O2. The van der Waals surface area contributed by atoms with Crippen LogP contribution < -0.4 is 21.1 Å². The zero-order chi connectivity index (χ0) is 24.9. The first-order chi connectivity index (χ1) is 16.1. The van der Waals surface area contributed by atoms with Gasteiger partial charge in [-0.25, -0.2) is 15.8 Å². The third-order valence-electron chi connectivity index (χ3n) is 5.50. The Labute approximate surface area is 196 Å². The van der Waals surface area contributed by atoms with Crippen LogP contribution in [0, 0.1) is 18.3 Å². The number of hydrogen-bond acceptors (Lipinski definition) is 8. The zero-order valence-corrected chi connectivity index (χ0v) is 19.0. The van der Waals surface area contributed by atoms with Crippen molar-refractivity contribution in [3.05, 3.63) is 52.6 Å². The molecule has 3 rings (SSSR count). The molecule has 8 nitrogen and oxygen atoms in total. The quantitative estimate of drug-likeness (QED) is 0.456. The lowest BCUT2D eigenvalue weighted by Crippen LogP contribution is -2.31. The number of pyridine rings is 2. The first kappa shape index (κ1) is 25.1. The average molecular weight is 477 g/mol. The van der Waals surface area contributed by atoms with Crippen molar-refractivity contribution in [1.29, 1.82) is 5.26 Å². The van der Waals surface area contributed by atoms with Crippen LogP contribution in [-0.2, 0) is 6.18 Å². The van der Waals surface area contributed by atoms with Crippen LogP contribution in [-0.4, -0.2) is 34.7 Å². The third-order valence-corrected chi connectivity index (χ3v) is 5.50. The minimum absolute atomic E-state index is 0.172. The summed E-state index contributed by atoms with van der Waals surface area (Å²) >= 11 is 0. The van der Waals surface area contributed by atoms with E-state index in [-0.39, 0.29) is 30.0 Å². The number of alkyl halides is 3. The summed E-state index contributed by atoms with van der Waals surface area (Å²) in [6.45, 7) is 1.52. The Balaban J connectivity index is 1.81. The molecule has 4 N–H and O–H groups in total. The van der Waals surface area contributed by atoms with Crippen LogP contribution >= 0.6 is 0 Å². The molecule has 0 amide bonds. The van der Waals surface area contributed by atoms with E-state index in [1.165, 1.54) is 18.5 Å².